The second-order valence-corrected chi connectivity index (χ2v) is 6.67. The van der Waals surface area contributed by atoms with E-state index >= 15 is 0 Å². The predicted molar refractivity (Wildman–Crippen MR) is 105 cm³/mol. The van der Waals surface area contributed by atoms with Gasteiger partial charge in [-0.25, -0.2) is 0 Å². The van der Waals surface area contributed by atoms with E-state index in [4.69, 9.17) is 4.74 Å². The third kappa shape index (κ3) is 3.68. The third-order valence-corrected chi connectivity index (χ3v) is 4.74. The zero-order chi connectivity index (χ0) is 19.5. The number of nitrogens with one attached hydrogen (secondary N) is 2. The molecular weight excluding hydrogens is 358 g/mol. The number of ether oxygens (including phenoxy) is 1. The maximum Gasteiger partial charge on any atom is 0.246 e. The van der Waals surface area contributed by atoms with Gasteiger partial charge in [-0.05, 0) is 31.9 Å². The van der Waals surface area contributed by atoms with Crippen LogP contribution in [0, 0.1) is 0 Å². The summed E-state index contributed by atoms with van der Waals surface area (Å²) in [5.74, 6) is 0.850. The van der Waals surface area contributed by atoms with E-state index in [0.29, 0.717) is 24.0 Å². The first kappa shape index (κ1) is 18.0. The minimum Gasteiger partial charge on any atom is -0.472 e. The van der Waals surface area contributed by atoms with E-state index in [9.17, 15) is 4.79 Å². The molecule has 3 aromatic heterocycles. The molecule has 0 radical (unpaired) electrons. The van der Waals surface area contributed by atoms with Crippen molar-refractivity contribution in [2.45, 2.75) is 32.4 Å². The molecule has 1 amide bonds. The third-order valence-electron chi connectivity index (χ3n) is 4.74. The summed E-state index contributed by atoms with van der Waals surface area (Å²) in [4.78, 5) is 25.9. The van der Waals surface area contributed by atoms with E-state index in [1.807, 2.05) is 23.9 Å². The number of nitrogens with zero attached hydrogens (tertiary/aromatic N) is 5. The smallest absolute Gasteiger partial charge is 0.246 e. The lowest BCUT2D eigenvalue weighted by molar-refractivity contribution is -0.128. The van der Waals surface area contributed by atoms with Crippen molar-refractivity contribution in [3.05, 3.63) is 37.3 Å². The molecule has 0 saturated carbocycles. The lowest BCUT2D eigenvalue weighted by Gasteiger charge is -2.32. The molecule has 1 fully saturated rings. The SMILES string of the molecule is C=CC(=O)N1CCC[C@@H](Oc2nc(Nc3cnn(CC)c3)nc3[nH]ccc23)C1. The Balaban J connectivity index is 1.56. The number of carbonyl (C=O) groups excluding carboxylic acids is 1. The molecular formula is C19H23N7O2. The van der Waals surface area contributed by atoms with Gasteiger partial charge in [-0.1, -0.05) is 6.58 Å². The average Bonchev–Trinajstić information content (AvgIpc) is 3.37. The number of rotatable bonds is 6. The Hall–Kier alpha value is -3.36. The second-order valence-electron chi connectivity index (χ2n) is 6.67. The first-order chi connectivity index (χ1) is 13.7. The molecule has 2 N–H and O–H groups in total. The Kier molecular flexibility index (Phi) is 4.96. The highest BCUT2D eigenvalue weighted by Crippen LogP contribution is 2.27. The van der Waals surface area contributed by atoms with Gasteiger partial charge in [-0.3, -0.25) is 9.48 Å². The molecule has 1 saturated heterocycles. The van der Waals surface area contributed by atoms with Crippen molar-refractivity contribution < 1.29 is 9.53 Å². The fraction of sp³-hybridized carbons (Fsp3) is 0.368. The predicted octanol–water partition coefficient (Wildman–Crippen LogP) is 2.47. The van der Waals surface area contributed by atoms with Gasteiger partial charge >= 0.3 is 0 Å². The van der Waals surface area contributed by atoms with Gasteiger partial charge in [0.2, 0.25) is 17.7 Å². The second kappa shape index (κ2) is 7.71. The van der Waals surface area contributed by atoms with Crippen LogP contribution >= 0.6 is 0 Å². The van der Waals surface area contributed by atoms with Crippen LogP contribution in [-0.2, 0) is 11.3 Å². The van der Waals surface area contributed by atoms with Crippen LogP contribution in [0.15, 0.2) is 37.3 Å². The van der Waals surface area contributed by atoms with Crippen LogP contribution in [0.5, 0.6) is 5.88 Å². The molecule has 0 unspecified atom stereocenters. The zero-order valence-electron chi connectivity index (χ0n) is 15.8. The molecule has 3 aromatic rings. The van der Waals surface area contributed by atoms with Crippen LogP contribution in [0.2, 0.25) is 0 Å². The summed E-state index contributed by atoms with van der Waals surface area (Å²) in [5.41, 5.74) is 1.49. The van der Waals surface area contributed by atoms with Crippen molar-refractivity contribution in [1.29, 1.82) is 0 Å². The standard InChI is InChI=1S/C19H23N7O2/c1-3-16(27)25-9-5-6-14(12-25)28-18-15-7-8-20-17(15)23-19(24-18)22-13-10-21-26(4-2)11-13/h3,7-8,10-11,14H,1,4-6,9,12H2,2H3,(H2,20,22,23,24)/t14-/m1/s1. The molecule has 0 aromatic carbocycles. The van der Waals surface area contributed by atoms with E-state index in [1.165, 1.54) is 6.08 Å². The summed E-state index contributed by atoms with van der Waals surface area (Å²) in [5, 5.41) is 8.22. The quantitative estimate of drug-likeness (QED) is 0.636. The molecule has 1 aliphatic heterocycles. The molecule has 0 aliphatic carbocycles. The van der Waals surface area contributed by atoms with Crippen molar-refractivity contribution in [3.8, 4) is 5.88 Å². The van der Waals surface area contributed by atoms with Gasteiger partial charge < -0.3 is 19.9 Å². The summed E-state index contributed by atoms with van der Waals surface area (Å²) in [6, 6.07) is 1.89. The lowest BCUT2D eigenvalue weighted by Crippen LogP contribution is -2.43. The Morgan fingerprint density at radius 2 is 2.39 bits per heavy atom. The number of fused-ring (bicyclic) bond motifs is 1. The van der Waals surface area contributed by atoms with Crippen LogP contribution in [0.4, 0.5) is 11.6 Å². The number of amides is 1. The van der Waals surface area contributed by atoms with E-state index in [-0.39, 0.29) is 12.0 Å². The highest BCUT2D eigenvalue weighted by Gasteiger charge is 2.25. The number of aryl methyl sites for hydroxylation is 1. The van der Waals surface area contributed by atoms with Gasteiger partial charge in [0.05, 0.1) is 23.8 Å². The molecule has 1 atom stereocenters. The molecule has 4 heterocycles. The van der Waals surface area contributed by atoms with Gasteiger partial charge in [0.15, 0.2) is 0 Å². The molecule has 4 rings (SSSR count). The number of hydrogen-bond acceptors (Lipinski definition) is 6. The number of aromatic amines is 1. The Labute approximate surface area is 162 Å². The topological polar surface area (TPSA) is 101 Å². The van der Waals surface area contributed by atoms with Crippen LogP contribution in [0.25, 0.3) is 11.0 Å². The minimum atomic E-state index is -0.124. The maximum atomic E-state index is 11.9. The Morgan fingerprint density at radius 1 is 1.50 bits per heavy atom. The van der Waals surface area contributed by atoms with Crippen molar-refractivity contribution >= 4 is 28.6 Å². The van der Waals surface area contributed by atoms with E-state index in [2.05, 4.69) is 31.9 Å². The number of hydrogen-bond donors (Lipinski definition) is 2. The van der Waals surface area contributed by atoms with Crippen molar-refractivity contribution in [2.24, 2.45) is 0 Å². The molecule has 9 heteroatoms. The first-order valence-electron chi connectivity index (χ1n) is 9.39. The summed E-state index contributed by atoms with van der Waals surface area (Å²) < 4.78 is 8.02. The monoisotopic (exact) mass is 381 g/mol. The van der Waals surface area contributed by atoms with Crippen LogP contribution in [0.3, 0.4) is 0 Å². The van der Waals surface area contributed by atoms with E-state index < -0.39 is 0 Å². The number of H-pyrrole nitrogens is 1. The van der Waals surface area contributed by atoms with Crippen molar-refractivity contribution in [1.82, 2.24) is 29.6 Å². The molecule has 146 valence electrons. The van der Waals surface area contributed by atoms with Crippen molar-refractivity contribution in [3.63, 3.8) is 0 Å². The number of likely N-dealkylation sites (tertiary alicyclic amines) is 1. The molecule has 1 aliphatic rings. The number of anilines is 2. The maximum absolute atomic E-state index is 11.9. The van der Waals surface area contributed by atoms with Gasteiger partial charge in [0.25, 0.3) is 0 Å². The summed E-state index contributed by atoms with van der Waals surface area (Å²) in [7, 11) is 0. The summed E-state index contributed by atoms with van der Waals surface area (Å²) >= 11 is 0. The number of piperidine rings is 1. The fourth-order valence-electron chi connectivity index (χ4n) is 3.31. The number of aromatic nitrogens is 5. The summed E-state index contributed by atoms with van der Waals surface area (Å²) in [6.45, 7) is 7.62. The molecule has 28 heavy (non-hydrogen) atoms. The molecule has 9 nitrogen and oxygen atoms in total. The zero-order valence-corrected chi connectivity index (χ0v) is 15.8. The van der Waals surface area contributed by atoms with Gasteiger partial charge in [-0.15, -0.1) is 0 Å². The largest absolute Gasteiger partial charge is 0.472 e. The van der Waals surface area contributed by atoms with E-state index in [1.54, 1.807) is 17.3 Å². The van der Waals surface area contributed by atoms with Crippen LogP contribution < -0.4 is 10.1 Å². The molecule has 0 bridgehead atoms. The minimum absolute atomic E-state index is 0.0712. The van der Waals surface area contributed by atoms with Gasteiger partial charge in [-0.2, -0.15) is 15.1 Å². The highest BCUT2D eigenvalue weighted by atomic mass is 16.5. The van der Waals surface area contributed by atoms with E-state index in [0.717, 1.165) is 37.0 Å². The van der Waals surface area contributed by atoms with Gasteiger partial charge in [0, 0.05) is 25.5 Å². The van der Waals surface area contributed by atoms with Crippen molar-refractivity contribution in [2.75, 3.05) is 18.4 Å². The summed E-state index contributed by atoms with van der Waals surface area (Å²) in [6.07, 6.45) is 8.39. The first-order valence-corrected chi connectivity index (χ1v) is 9.39. The molecule has 0 spiro atoms. The normalized spacial score (nSPS) is 16.9. The average molecular weight is 381 g/mol. The number of carbonyl (C=O) groups is 1. The Bertz CT molecular complexity index is 993. The van der Waals surface area contributed by atoms with Crippen LogP contribution in [0.1, 0.15) is 19.8 Å². The van der Waals surface area contributed by atoms with Gasteiger partial charge in [0.1, 0.15) is 11.8 Å². The fourth-order valence-corrected chi connectivity index (χ4v) is 3.31. The Morgan fingerprint density at radius 3 is 3.18 bits per heavy atom. The lowest BCUT2D eigenvalue weighted by atomic mass is 10.1. The highest BCUT2D eigenvalue weighted by molar-refractivity contribution is 5.87. The van der Waals surface area contributed by atoms with Crippen LogP contribution in [-0.4, -0.2) is 54.7 Å².